The Morgan fingerprint density at radius 2 is 2.30 bits per heavy atom. The molecule has 1 aliphatic rings. The number of amides is 1. The molecular weight excluding hydrogens is 364 g/mol. The molecule has 3 N–H and O–H groups in total. The highest BCUT2D eigenvalue weighted by Crippen LogP contribution is 2.33. The highest BCUT2D eigenvalue weighted by Gasteiger charge is 2.26. The van der Waals surface area contributed by atoms with Gasteiger partial charge in [0.2, 0.25) is 11.9 Å². The van der Waals surface area contributed by atoms with Crippen LogP contribution in [0.3, 0.4) is 0 Å². The van der Waals surface area contributed by atoms with Crippen LogP contribution in [0.5, 0.6) is 5.75 Å². The molecule has 1 aliphatic heterocycles. The van der Waals surface area contributed by atoms with Crippen molar-refractivity contribution >= 4 is 33.4 Å². The van der Waals surface area contributed by atoms with Crippen molar-refractivity contribution in [1.82, 2.24) is 9.97 Å². The number of fused-ring (bicyclic) bond motifs is 1. The van der Waals surface area contributed by atoms with Crippen LogP contribution in [0.1, 0.15) is 12.8 Å². The van der Waals surface area contributed by atoms with Crippen LogP contribution in [0.25, 0.3) is 21.3 Å². The number of ether oxygens (including phenoxy) is 1. The Bertz CT molecular complexity index is 1060. The minimum atomic E-state index is -0.310. The standard InChI is InChI=1S/C19H20N4O3S/c1-26-13-6-2-4-11(8-13)14-10-27-16-15(14)21-19(22-18(16)25)23-7-3-5-12(9-23)17(20)24/h2,4,6,8,10,12H,3,5,7,9H2,1H3,(H2,20,24)(H,21,22,25)/t12-/m0/s1. The minimum absolute atomic E-state index is 0.171. The Kier molecular flexibility index (Phi) is 4.57. The molecule has 3 heterocycles. The van der Waals surface area contributed by atoms with E-state index in [-0.39, 0.29) is 17.4 Å². The number of piperidine rings is 1. The number of primary amides is 1. The van der Waals surface area contributed by atoms with Gasteiger partial charge in [-0.05, 0) is 30.5 Å². The van der Waals surface area contributed by atoms with Gasteiger partial charge in [0.25, 0.3) is 5.56 Å². The van der Waals surface area contributed by atoms with Gasteiger partial charge in [-0.25, -0.2) is 4.98 Å². The van der Waals surface area contributed by atoms with Crippen LogP contribution in [-0.4, -0.2) is 36.1 Å². The molecule has 0 bridgehead atoms. The van der Waals surface area contributed by atoms with E-state index in [1.165, 1.54) is 11.3 Å². The van der Waals surface area contributed by atoms with Gasteiger partial charge >= 0.3 is 0 Å². The van der Waals surface area contributed by atoms with Gasteiger partial charge < -0.3 is 15.4 Å². The first-order chi connectivity index (χ1) is 13.1. The fraction of sp³-hybridized carbons (Fsp3) is 0.316. The first-order valence-electron chi connectivity index (χ1n) is 8.77. The quantitative estimate of drug-likeness (QED) is 0.719. The zero-order valence-corrected chi connectivity index (χ0v) is 15.7. The van der Waals surface area contributed by atoms with Crippen LogP contribution in [0.4, 0.5) is 5.95 Å². The van der Waals surface area contributed by atoms with Crippen LogP contribution in [0, 0.1) is 5.92 Å². The maximum atomic E-state index is 12.6. The second-order valence-electron chi connectivity index (χ2n) is 6.64. The van der Waals surface area contributed by atoms with Crippen molar-refractivity contribution in [3.05, 3.63) is 40.0 Å². The van der Waals surface area contributed by atoms with E-state index in [0.29, 0.717) is 22.7 Å². The predicted molar refractivity (Wildman–Crippen MR) is 106 cm³/mol. The van der Waals surface area contributed by atoms with Crippen LogP contribution in [0.15, 0.2) is 34.4 Å². The number of methoxy groups -OCH3 is 1. The summed E-state index contributed by atoms with van der Waals surface area (Å²) in [6.07, 6.45) is 1.60. The average Bonchev–Trinajstić information content (AvgIpc) is 3.12. The summed E-state index contributed by atoms with van der Waals surface area (Å²) in [4.78, 5) is 33.7. The molecule has 1 aromatic carbocycles. The summed E-state index contributed by atoms with van der Waals surface area (Å²) < 4.78 is 5.89. The Labute approximate surface area is 159 Å². The molecule has 0 saturated carbocycles. The van der Waals surface area contributed by atoms with E-state index in [0.717, 1.165) is 36.3 Å². The van der Waals surface area contributed by atoms with E-state index < -0.39 is 0 Å². The SMILES string of the molecule is COc1cccc(-c2csc3c(=O)[nH]c(N4CCC[C@H](C(N)=O)C4)nc23)c1. The zero-order valence-electron chi connectivity index (χ0n) is 14.9. The van der Waals surface area contributed by atoms with Crippen molar-refractivity contribution in [2.75, 3.05) is 25.1 Å². The molecular formula is C19H20N4O3S. The Morgan fingerprint density at radius 1 is 1.44 bits per heavy atom. The summed E-state index contributed by atoms with van der Waals surface area (Å²) in [5, 5.41) is 1.94. The summed E-state index contributed by atoms with van der Waals surface area (Å²) >= 11 is 1.37. The minimum Gasteiger partial charge on any atom is -0.497 e. The average molecular weight is 384 g/mol. The Morgan fingerprint density at radius 3 is 3.07 bits per heavy atom. The molecule has 1 amide bonds. The maximum absolute atomic E-state index is 12.6. The normalized spacial score (nSPS) is 17.2. The largest absolute Gasteiger partial charge is 0.497 e. The lowest BCUT2D eigenvalue weighted by molar-refractivity contribution is -0.122. The number of hydrogen-bond donors (Lipinski definition) is 2. The van der Waals surface area contributed by atoms with Gasteiger partial charge in [0.1, 0.15) is 10.4 Å². The molecule has 3 aromatic rings. The van der Waals surface area contributed by atoms with Crippen molar-refractivity contribution in [3.8, 4) is 16.9 Å². The van der Waals surface area contributed by atoms with E-state index >= 15 is 0 Å². The summed E-state index contributed by atoms with van der Waals surface area (Å²) in [5.74, 6) is 0.703. The number of thiophene rings is 1. The van der Waals surface area contributed by atoms with E-state index in [4.69, 9.17) is 15.5 Å². The fourth-order valence-corrected chi connectivity index (χ4v) is 4.37. The monoisotopic (exact) mass is 384 g/mol. The molecule has 0 unspecified atom stereocenters. The van der Waals surface area contributed by atoms with Gasteiger partial charge in [0.15, 0.2) is 0 Å². The number of carbonyl (C=O) groups excluding carboxylic acids is 1. The van der Waals surface area contributed by atoms with Crippen molar-refractivity contribution < 1.29 is 9.53 Å². The summed E-state index contributed by atoms with van der Waals surface area (Å²) in [5.41, 5.74) is 7.80. The number of rotatable bonds is 4. The number of anilines is 1. The lowest BCUT2D eigenvalue weighted by atomic mass is 9.98. The molecule has 27 heavy (non-hydrogen) atoms. The molecule has 8 heteroatoms. The maximum Gasteiger partial charge on any atom is 0.270 e. The smallest absolute Gasteiger partial charge is 0.270 e. The second kappa shape index (κ2) is 7.03. The van der Waals surface area contributed by atoms with Gasteiger partial charge in [-0.1, -0.05) is 12.1 Å². The zero-order chi connectivity index (χ0) is 19.0. The molecule has 2 aromatic heterocycles. The Hall–Kier alpha value is -2.87. The van der Waals surface area contributed by atoms with Crippen molar-refractivity contribution in [3.63, 3.8) is 0 Å². The Balaban J connectivity index is 1.78. The predicted octanol–water partition coefficient (Wildman–Crippen LogP) is 2.36. The van der Waals surface area contributed by atoms with Crippen LogP contribution < -0.4 is 20.9 Å². The first kappa shape index (κ1) is 17.5. The third kappa shape index (κ3) is 3.28. The molecule has 1 saturated heterocycles. The van der Waals surface area contributed by atoms with Crippen molar-refractivity contribution in [1.29, 1.82) is 0 Å². The topological polar surface area (TPSA) is 101 Å². The van der Waals surface area contributed by atoms with Gasteiger partial charge in [-0.3, -0.25) is 14.6 Å². The van der Waals surface area contributed by atoms with Crippen molar-refractivity contribution in [2.24, 2.45) is 11.7 Å². The molecule has 0 aliphatic carbocycles. The summed E-state index contributed by atoms with van der Waals surface area (Å²) in [6, 6.07) is 7.68. The van der Waals surface area contributed by atoms with E-state index in [9.17, 15) is 9.59 Å². The van der Waals surface area contributed by atoms with Crippen molar-refractivity contribution in [2.45, 2.75) is 12.8 Å². The number of hydrogen-bond acceptors (Lipinski definition) is 6. The number of aromatic nitrogens is 2. The summed E-state index contributed by atoms with van der Waals surface area (Å²) in [6.45, 7) is 1.21. The number of nitrogens with one attached hydrogen (secondary N) is 1. The van der Waals surface area contributed by atoms with Gasteiger partial charge in [-0.2, -0.15) is 0 Å². The lowest BCUT2D eigenvalue weighted by Crippen LogP contribution is -2.42. The highest BCUT2D eigenvalue weighted by atomic mass is 32.1. The number of nitrogens with zero attached hydrogens (tertiary/aromatic N) is 2. The fourth-order valence-electron chi connectivity index (χ4n) is 3.46. The molecule has 4 rings (SSSR count). The van der Waals surface area contributed by atoms with Crippen LogP contribution in [0.2, 0.25) is 0 Å². The van der Waals surface area contributed by atoms with Crippen LogP contribution >= 0.6 is 11.3 Å². The number of nitrogens with two attached hydrogens (primary N) is 1. The van der Waals surface area contributed by atoms with Crippen LogP contribution in [-0.2, 0) is 4.79 Å². The molecule has 0 radical (unpaired) electrons. The first-order valence-corrected chi connectivity index (χ1v) is 9.65. The van der Waals surface area contributed by atoms with E-state index in [1.54, 1.807) is 7.11 Å². The molecule has 140 valence electrons. The third-order valence-electron chi connectivity index (χ3n) is 4.92. The number of H-pyrrole nitrogens is 1. The number of aromatic amines is 1. The second-order valence-corrected chi connectivity index (χ2v) is 7.52. The van der Waals surface area contributed by atoms with E-state index in [1.807, 2.05) is 34.5 Å². The van der Waals surface area contributed by atoms with Gasteiger partial charge in [0, 0.05) is 24.0 Å². The number of carbonyl (C=O) groups is 1. The van der Waals surface area contributed by atoms with E-state index in [2.05, 4.69) is 4.98 Å². The third-order valence-corrected chi connectivity index (χ3v) is 5.89. The van der Waals surface area contributed by atoms with Gasteiger partial charge in [0.05, 0.1) is 18.5 Å². The molecule has 1 atom stereocenters. The highest BCUT2D eigenvalue weighted by molar-refractivity contribution is 7.17. The summed E-state index contributed by atoms with van der Waals surface area (Å²) in [7, 11) is 1.62. The number of benzene rings is 1. The molecule has 0 spiro atoms. The molecule has 1 fully saturated rings. The molecule has 7 nitrogen and oxygen atoms in total. The lowest BCUT2D eigenvalue weighted by Gasteiger charge is -2.31. The van der Waals surface area contributed by atoms with Gasteiger partial charge in [-0.15, -0.1) is 11.3 Å².